The number of phenolic OH excluding ortho intramolecular Hbond substituents is 1. The fraction of sp³-hybridized carbons (Fsp3) is 0.622. The first kappa shape index (κ1) is 62.9. The van der Waals surface area contributed by atoms with Gasteiger partial charge in [-0.1, -0.05) is 39.8 Å². The summed E-state index contributed by atoms with van der Waals surface area (Å²) in [6.45, 7) is 8.31. The van der Waals surface area contributed by atoms with E-state index in [-0.39, 0.29) is 56.3 Å². The predicted molar refractivity (Wildman–Crippen MR) is 262 cm³/mol. The van der Waals surface area contributed by atoms with E-state index in [0.717, 1.165) is 6.92 Å². The number of aliphatic hydroxyl groups excluding tert-OH is 2. The maximum Gasteiger partial charge on any atom is 0.245 e. The first-order chi connectivity index (χ1) is 33.7. The standard InChI is InChI=1S/C45H76N14O13/c1-22(2)18-30(42(70)59-36(24(5)61)44(72)57-33(21-60)43(71)58-35(23(3)4)37(48)65)54-41(69)32(20-34(47)64)56-40(68)31(19-26-12-14-27(63)15-13-26)55-39(67)29(11-9-17-51-45(49)50)53-38(66)28(52-25(6)62)10-7-8-16-46/h12-15,22-24,28-33,35-36,60-61,63H,7-11,16-21,46H2,1-6H3,(H2,47,64)(H2,48,65)(H,52,62)(H,53,66)(H,54,69)(H,55,67)(H,56,68)(H,57,72)(H,58,71)(H,59,70)(H4,49,50,51)/t24?,28-,29-,30-,31-,32-,33-,35-,36-/m0/s1. The third-order valence-electron chi connectivity index (χ3n) is 10.8. The zero-order valence-electron chi connectivity index (χ0n) is 41.7. The summed E-state index contributed by atoms with van der Waals surface area (Å²) in [4.78, 5) is 136. The number of rotatable bonds is 33. The highest BCUT2D eigenvalue weighted by Gasteiger charge is 2.36. The number of hydrogen-bond acceptors (Lipinski definition) is 15. The molecule has 1 aromatic carbocycles. The van der Waals surface area contributed by atoms with Crippen LogP contribution in [0.25, 0.3) is 0 Å². The Balaban J connectivity index is 3.57. The number of aliphatic imine (C=N–C) groups is 1. The molecule has 72 heavy (non-hydrogen) atoms. The Hall–Kier alpha value is -7.13. The van der Waals surface area contributed by atoms with Crippen molar-refractivity contribution in [3.05, 3.63) is 29.8 Å². The van der Waals surface area contributed by atoms with Crippen molar-refractivity contribution < 1.29 is 63.3 Å². The number of guanidine groups is 1. The maximum absolute atomic E-state index is 14.3. The van der Waals surface area contributed by atoms with Gasteiger partial charge in [0.15, 0.2) is 5.96 Å². The largest absolute Gasteiger partial charge is 0.508 e. The summed E-state index contributed by atoms with van der Waals surface area (Å²) < 4.78 is 0. The SMILES string of the molecule is CC(=O)N[C@@H](CCCCN)C(=O)N[C@@H](CCCN=C(N)N)C(=O)N[C@@H](Cc1ccc(O)cc1)C(=O)N[C@@H](CC(N)=O)C(=O)N[C@@H](CC(C)C)C(=O)N[C@H](C(=O)N[C@@H](CO)C(=O)N[C@H](C(N)=O)C(C)C)C(C)O. The first-order valence-electron chi connectivity index (χ1n) is 23.5. The predicted octanol–water partition coefficient (Wildman–Crippen LogP) is -5.55. The van der Waals surface area contributed by atoms with Crippen LogP contribution in [0.3, 0.4) is 0 Å². The fourth-order valence-electron chi connectivity index (χ4n) is 6.99. The summed E-state index contributed by atoms with van der Waals surface area (Å²) in [5, 5.41) is 49.9. The van der Waals surface area contributed by atoms with Gasteiger partial charge >= 0.3 is 0 Å². The average Bonchev–Trinajstić information content (AvgIpc) is 3.28. The van der Waals surface area contributed by atoms with E-state index in [1.54, 1.807) is 27.7 Å². The van der Waals surface area contributed by atoms with E-state index in [9.17, 15) is 63.3 Å². The minimum absolute atomic E-state index is 0.0408. The summed E-state index contributed by atoms with van der Waals surface area (Å²) in [5.74, 6) is -10.6. The molecule has 0 saturated carbocycles. The van der Waals surface area contributed by atoms with Gasteiger partial charge in [-0.15, -0.1) is 0 Å². The number of unbranched alkanes of at least 4 members (excludes halogenated alkanes) is 1. The second-order valence-corrected chi connectivity index (χ2v) is 18.0. The third-order valence-corrected chi connectivity index (χ3v) is 10.8. The number of hydrogen-bond donors (Lipinski definition) is 16. The molecule has 0 fully saturated rings. The zero-order chi connectivity index (χ0) is 54.8. The lowest BCUT2D eigenvalue weighted by atomic mass is 10.0. The van der Waals surface area contributed by atoms with E-state index in [4.69, 9.17) is 28.7 Å². The van der Waals surface area contributed by atoms with E-state index < -0.39 is 132 Å². The molecular weight excluding hydrogens is 945 g/mol. The van der Waals surface area contributed by atoms with Gasteiger partial charge in [-0.05, 0) is 81.5 Å². The molecule has 10 amide bonds. The molecule has 0 aromatic heterocycles. The number of phenols is 1. The third kappa shape index (κ3) is 23.7. The summed E-state index contributed by atoms with van der Waals surface area (Å²) in [6, 6.07) is -6.37. The number of benzene rings is 1. The summed E-state index contributed by atoms with van der Waals surface area (Å²) in [5.41, 5.74) is 27.8. The molecule has 9 atom stereocenters. The second kappa shape index (κ2) is 32.0. The van der Waals surface area contributed by atoms with Crippen LogP contribution in [0, 0.1) is 11.8 Å². The van der Waals surface area contributed by atoms with Crippen LogP contribution in [0.5, 0.6) is 5.75 Å². The van der Waals surface area contributed by atoms with Crippen LogP contribution in [0.4, 0.5) is 0 Å². The minimum atomic E-state index is -1.80. The molecule has 27 nitrogen and oxygen atoms in total. The van der Waals surface area contributed by atoms with Crippen molar-refractivity contribution in [2.45, 2.75) is 147 Å². The number of nitrogens with two attached hydrogens (primary N) is 5. The van der Waals surface area contributed by atoms with Crippen molar-refractivity contribution >= 4 is 65.0 Å². The van der Waals surface area contributed by atoms with Gasteiger partial charge in [-0.25, -0.2) is 0 Å². The molecule has 0 saturated heterocycles. The average molecular weight is 1020 g/mol. The Kier molecular flexibility index (Phi) is 27.9. The number of nitrogens with one attached hydrogen (secondary N) is 8. The van der Waals surface area contributed by atoms with Gasteiger partial charge in [0, 0.05) is 19.9 Å². The van der Waals surface area contributed by atoms with Crippen molar-refractivity contribution in [1.82, 2.24) is 42.5 Å². The van der Waals surface area contributed by atoms with E-state index in [1.807, 2.05) is 0 Å². The van der Waals surface area contributed by atoms with Crippen molar-refractivity contribution in [2.24, 2.45) is 45.5 Å². The lowest BCUT2D eigenvalue weighted by Gasteiger charge is -2.29. The van der Waals surface area contributed by atoms with Crippen LogP contribution in [-0.2, 0) is 54.4 Å². The molecule has 1 rings (SSSR count). The van der Waals surface area contributed by atoms with E-state index in [2.05, 4.69) is 47.5 Å². The highest BCUT2D eigenvalue weighted by atomic mass is 16.3. The molecule has 0 bridgehead atoms. The van der Waals surface area contributed by atoms with Gasteiger partial charge in [0.05, 0.1) is 19.1 Å². The van der Waals surface area contributed by atoms with Gasteiger partial charge in [-0.2, -0.15) is 0 Å². The summed E-state index contributed by atoms with van der Waals surface area (Å²) in [7, 11) is 0. The van der Waals surface area contributed by atoms with E-state index >= 15 is 0 Å². The van der Waals surface area contributed by atoms with Gasteiger partial charge in [0.25, 0.3) is 0 Å². The summed E-state index contributed by atoms with van der Waals surface area (Å²) >= 11 is 0. The number of carbonyl (C=O) groups excluding carboxylic acids is 10. The van der Waals surface area contributed by atoms with Crippen LogP contribution >= 0.6 is 0 Å². The second-order valence-electron chi connectivity index (χ2n) is 18.0. The monoisotopic (exact) mass is 1020 g/mol. The number of aromatic hydroxyl groups is 1. The number of amides is 10. The Morgan fingerprint density at radius 2 is 1.06 bits per heavy atom. The number of carbonyl (C=O) groups is 10. The van der Waals surface area contributed by atoms with E-state index in [0.29, 0.717) is 24.9 Å². The zero-order valence-corrected chi connectivity index (χ0v) is 41.7. The van der Waals surface area contributed by atoms with Gasteiger partial charge in [-0.3, -0.25) is 52.9 Å². The molecule has 0 aliphatic carbocycles. The summed E-state index contributed by atoms with van der Waals surface area (Å²) in [6.07, 6.45) is -1.60. The molecular formula is C45H76N14O13. The minimum Gasteiger partial charge on any atom is -0.508 e. The molecule has 1 aromatic rings. The highest BCUT2D eigenvalue weighted by molar-refractivity contribution is 5.99. The van der Waals surface area contributed by atoms with Gasteiger partial charge in [0.1, 0.15) is 54.1 Å². The molecule has 0 heterocycles. The molecule has 0 aliphatic heterocycles. The Morgan fingerprint density at radius 1 is 0.583 bits per heavy atom. The number of nitrogens with zero attached hydrogens (tertiary/aromatic N) is 1. The Bertz CT molecular complexity index is 2030. The van der Waals surface area contributed by atoms with Gasteiger partial charge < -0.3 is 86.5 Å². The van der Waals surface area contributed by atoms with Crippen LogP contribution in [0.15, 0.2) is 29.3 Å². The normalized spacial score (nSPS) is 14.8. The van der Waals surface area contributed by atoms with E-state index in [1.165, 1.54) is 31.2 Å². The molecule has 21 N–H and O–H groups in total. The molecule has 1 unspecified atom stereocenters. The lowest BCUT2D eigenvalue weighted by Crippen LogP contribution is -2.62. The topological polar surface area (TPSA) is 470 Å². The van der Waals surface area contributed by atoms with Crippen LogP contribution in [-0.4, -0.2) is 154 Å². The van der Waals surface area contributed by atoms with Crippen molar-refractivity contribution in [3.8, 4) is 5.75 Å². The highest BCUT2D eigenvalue weighted by Crippen LogP contribution is 2.14. The molecule has 404 valence electrons. The number of primary amides is 2. The first-order valence-corrected chi connectivity index (χ1v) is 23.5. The van der Waals surface area contributed by atoms with Gasteiger partial charge in [0.2, 0.25) is 59.1 Å². The fourth-order valence-corrected chi connectivity index (χ4v) is 6.99. The molecule has 0 spiro atoms. The molecule has 0 aliphatic rings. The molecule has 0 radical (unpaired) electrons. The van der Waals surface area contributed by atoms with Crippen LogP contribution in [0.1, 0.15) is 92.1 Å². The smallest absolute Gasteiger partial charge is 0.245 e. The quantitative estimate of drug-likeness (QED) is 0.0177. The number of aliphatic hydroxyl groups is 2. The lowest BCUT2D eigenvalue weighted by molar-refractivity contribution is -0.138. The maximum atomic E-state index is 14.3. The molecule has 27 heteroatoms. The Labute approximate surface area is 418 Å². The van der Waals surface area contributed by atoms with Crippen molar-refractivity contribution in [2.75, 3.05) is 19.7 Å². The van der Waals surface area contributed by atoms with Crippen molar-refractivity contribution in [1.29, 1.82) is 0 Å². The van der Waals surface area contributed by atoms with Crippen LogP contribution < -0.4 is 71.2 Å². The Morgan fingerprint density at radius 3 is 1.56 bits per heavy atom. The van der Waals surface area contributed by atoms with Crippen molar-refractivity contribution in [3.63, 3.8) is 0 Å². The van der Waals surface area contributed by atoms with Crippen LogP contribution in [0.2, 0.25) is 0 Å².